The maximum Gasteiger partial charge on any atom is 0.338 e. The van der Waals surface area contributed by atoms with E-state index in [2.05, 4.69) is 20.3 Å². The van der Waals surface area contributed by atoms with Crippen LogP contribution < -0.4 is 14.8 Å². The van der Waals surface area contributed by atoms with Gasteiger partial charge in [0.2, 0.25) is 0 Å². The molecule has 0 aliphatic rings. The van der Waals surface area contributed by atoms with Gasteiger partial charge in [-0.1, -0.05) is 6.92 Å². The number of carbonyl (C=O) groups excluding carboxylic acids is 2. The average molecular weight is 557 g/mol. The van der Waals surface area contributed by atoms with Gasteiger partial charge in [-0.15, -0.1) is 11.3 Å². The zero-order chi connectivity index (χ0) is 28.1. The van der Waals surface area contributed by atoms with Crippen molar-refractivity contribution < 1.29 is 23.8 Å². The molecule has 40 heavy (non-hydrogen) atoms. The Balaban J connectivity index is 1.24. The second kappa shape index (κ2) is 12.0. The standard InChI is InChI=1S/C30H28N4O5S/c1-4-26(28(35)34-30-33-25(17-40-30)18-6-13-22(14-7-18)38-5-2)39-29(36)20-10-15-23-24(16-20)32-27(31-23)19-8-11-21(37-3)12-9-19/h6-17,26H,4-5H2,1-3H3,(H,31,32)(H,33,34,35). The van der Waals surface area contributed by atoms with Crippen molar-refractivity contribution in [3.05, 3.63) is 77.7 Å². The van der Waals surface area contributed by atoms with Crippen LogP contribution in [0.5, 0.6) is 11.5 Å². The Hall–Kier alpha value is -4.70. The molecule has 9 nitrogen and oxygen atoms in total. The zero-order valence-corrected chi connectivity index (χ0v) is 23.1. The largest absolute Gasteiger partial charge is 0.497 e. The van der Waals surface area contributed by atoms with Crippen molar-refractivity contribution in [1.82, 2.24) is 15.0 Å². The van der Waals surface area contributed by atoms with Gasteiger partial charge in [-0.2, -0.15) is 0 Å². The van der Waals surface area contributed by atoms with E-state index in [0.29, 0.717) is 40.6 Å². The summed E-state index contributed by atoms with van der Waals surface area (Å²) in [5.41, 5.74) is 4.23. The molecule has 10 heteroatoms. The van der Waals surface area contributed by atoms with Gasteiger partial charge in [-0.3, -0.25) is 10.1 Å². The SMILES string of the molecule is CCOc1ccc(-c2csc(NC(=O)C(CC)OC(=O)c3ccc4nc(-c5ccc(OC)cc5)[nH]c4c3)n2)cc1. The van der Waals surface area contributed by atoms with Crippen LogP contribution in [0.3, 0.4) is 0 Å². The van der Waals surface area contributed by atoms with Crippen LogP contribution >= 0.6 is 11.3 Å². The number of thiazole rings is 1. The molecule has 0 bridgehead atoms. The maximum atomic E-state index is 13.0. The van der Waals surface area contributed by atoms with Crippen molar-refractivity contribution in [1.29, 1.82) is 0 Å². The molecule has 0 aliphatic carbocycles. The van der Waals surface area contributed by atoms with Crippen LogP contribution in [0.25, 0.3) is 33.7 Å². The number of rotatable bonds is 10. The van der Waals surface area contributed by atoms with Gasteiger partial charge < -0.3 is 19.2 Å². The molecule has 2 N–H and O–H groups in total. The highest BCUT2D eigenvalue weighted by molar-refractivity contribution is 7.14. The van der Waals surface area contributed by atoms with Crippen LogP contribution in [-0.2, 0) is 9.53 Å². The number of anilines is 1. The number of H-pyrrole nitrogens is 1. The van der Waals surface area contributed by atoms with Gasteiger partial charge in [-0.05, 0) is 80.1 Å². The van der Waals surface area contributed by atoms with E-state index in [1.54, 1.807) is 32.2 Å². The van der Waals surface area contributed by atoms with Crippen LogP contribution in [-0.4, -0.2) is 46.6 Å². The lowest BCUT2D eigenvalue weighted by Gasteiger charge is -2.15. The van der Waals surface area contributed by atoms with Crippen molar-refractivity contribution in [2.24, 2.45) is 0 Å². The lowest BCUT2D eigenvalue weighted by Crippen LogP contribution is -2.32. The van der Waals surface area contributed by atoms with Gasteiger partial charge in [0.05, 0.1) is 36.0 Å². The summed E-state index contributed by atoms with van der Waals surface area (Å²) >= 11 is 1.30. The molecule has 2 aromatic heterocycles. The molecular formula is C30H28N4O5S. The number of methoxy groups -OCH3 is 1. The van der Waals surface area contributed by atoms with E-state index in [9.17, 15) is 9.59 Å². The molecule has 0 aliphatic heterocycles. The smallest absolute Gasteiger partial charge is 0.338 e. The molecule has 0 fully saturated rings. The summed E-state index contributed by atoms with van der Waals surface area (Å²) in [4.78, 5) is 38.2. The predicted molar refractivity (Wildman–Crippen MR) is 155 cm³/mol. The van der Waals surface area contributed by atoms with E-state index in [0.717, 1.165) is 28.3 Å². The highest BCUT2D eigenvalue weighted by Crippen LogP contribution is 2.27. The van der Waals surface area contributed by atoms with Crippen molar-refractivity contribution in [2.75, 3.05) is 19.0 Å². The predicted octanol–water partition coefficient (Wildman–Crippen LogP) is 6.33. The lowest BCUT2D eigenvalue weighted by molar-refractivity contribution is -0.124. The normalized spacial score (nSPS) is 11.7. The third kappa shape index (κ3) is 5.97. The van der Waals surface area contributed by atoms with E-state index < -0.39 is 18.0 Å². The fourth-order valence-electron chi connectivity index (χ4n) is 4.08. The second-order valence-electron chi connectivity index (χ2n) is 8.83. The Morgan fingerprint density at radius 3 is 2.38 bits per heavy atom. The number of imidazole rings is 1. The minimum Gasteiger partial charge on any atom is -0.497 e. The molecule has 3 aromatic carbocycles. The van der Waals surface area contributed by atoms with E-state index >= 15 is 0 Å². The van der Waals surface area contributed by atoms with Crippen LogP contribution in [0, 0.1) is 0 Å². The summed E-state index contributed by atoms with van der Waals surface area (Å²) in [6.45, 7) is 4.31. The van der Waals surface area contributed by atoms with E-state index in [1.165, 1.54) is 11.3 Å². The van der Waals surface area contributed by atoms with Crippen molar-refractivity contribution in [3.63, 3.8) is 0 Å². The number of esters is 1. The highest BCUT2D eigenvalue weighted by Gasteiger charge is 2.23. The molecule has 5 aromatic rings. The Kier molecular flexibility index (Phi) is 8.07. The molecule has 1 atom stereocenters. The van der Waals surface area contributed by atoms with Gasteiger partial charge >= 0.3 is 5.97 Å². The number of fused-ring (bicyclic) bond motifs is 1. The van der Waals surface area contributed by atoms with Gasteiger partial charge in [0.1, 0.15) is 17.3 Å². The second-order valence-corrected chi connectivity index (χ2v) is 9.69. The van der Waals surface area contributed by atoms with Gasteiger partial charge in [0.15, 0.2) is 11.2 Å². The first-order valence-electron chi connectivity index (χ1n) is 12.8. The zero-order valence-electron chi connectivity index (χ0n) is 22.3. The first kappa shape index (κ1) is 26.9. The quantitative estimate of drug-likeness (QED) is 0.193. The molecule has 5 rings (SSSR count). The number of aromatic nitrogens is 3. The average Bonchev–Trinajstić information content (AvgIpc) is 3.63. The van der Waals surface area contributed by atoms with Crippen molar-refractivity contribution >= 4 is 39.4 Å². The number of benzene rings is 3. The summed E-state index contributed by atoms with van der Waals surface area (Å²) < 4.78 is 16.3. The number of carbonyl (C=O) groups is 2. The van der Waals surface area contributed by atoms with E-state index in [1.807, 2.05) is 60.8 Å². The summed E-state index contributed by atoms with van der Waals surface area (Å²) in [6, 6.07) is 20.2. The molecule has 2 heterocycles. The first-order valence-corrected chi connectivity index (χ1v) is 13.7. The van der Waals surface area contributed by atoms with Crippen molar-refractivity contribution in [2.45, 2.75) is 26.4 Å². The minimum atomic E-state index is -0.974. The Bertz CT molecular complexity index is 1630. The monoisotopic (exact) mass is 556 g/mol. The molecular weight excluding hydrogens is 528 g/mol. The topological polar surface area (TPSA) is 115 Å². The number of ether oxygens (including phenoxy) is 3. The van der Waals surface area contributed by atoms with E-state index in [4.69, 9.17) is 14.2 Å². The molecule has 1 amide bonds. The number of nitrogens with zero attached hydrogens (tertiary/aromatic N) is 2. The lowest BCUT2D eigenvalue weighted by atomic mass is 10.2. The molecule has 0 radical (unpaired) electrons. The van der Waals surface area contributed by atoms with Crippen LogP contribution in [0.4, 0.5) is 5.13 Å². The molecule has 0 saturated heterocycles. The Morgan fingerprint density at radius 2 is 1.68 bits per heavy atom. The Morgan fingerprint density at radius 1 is 0.950 bits per heavy atom. The molecule has 0 spiro atoms. The molecule has 0 saturated carbocycles. The fraction of sp³-hybridized carbons (Fsp3) is 0.200. The number of aromatic amines is 1. The van der Waals surface area contributed by atoms with Gasteiger partial charge in [0, 0.05) is 16.5 Å². The molecule has 204 valence electrons. The van der Waals surface area contributed by atoms with Crippen LogP contribution in [0.2, 0.25) is 0 Å². The van der Waals surface area contributed by atoms with Gasteiger partial charge in [-0.25, -0.2) is 14.8 Å². The van der Waals surface area contributed by atoms with Gasteiger partial charge in [0.25, 0.3) is 5.91 Å². The van der Waals surface area contributed by atoms with Crippen LogP contribution in [0.1, 0.15) is 30.6 Å². The summed E-state index contributed by atoms with van der Waals surface area (Å²) in [5.74, 6) is 1.17. The van der Waals surface area contributed by atoms with Crippen LogP contribution in [0.15, 0.2) is 72.1 Å². The molecule has 1 unspecified atom stereocenters. The minimum absolute atomic E-state index is 0.308. The summed E-state index contributed by atoms with van der Waals surface area (Å²) in [5, 5.41) is 5.06. The summed E-state index contributed by atoms with van der Waals surface area (Å²) in [7, 11) is 1.61. The maximum absolute atomic E-state index is 13.0. The third-order valence-corrected chi connectivity index (χ3v) is 6.95. The highest BCUT2D eigenvalue weighted by atomic mass is 32.1. The number of hydrogen-bond acceptors (Lipinski definition) is 8. The Labute approximate surface area is 235 Å². The van der Waals surface area contributed by atoms with E-state index in [-0.39, 0.29) is 0 Å². The van der Waals surface area contributed by atoms with Crippen molar-refractivity contribution in [3.8, 4) is 34.1 Å². The third-order valence-electron chi connectivity index (χ3n) is 6.19. The fourth-order valence-corrected chi connectivity index (χ4v) is 4.80. The first-order chi connectivity index (χ1) is 19.5. The number of nitrogens with one attached hydrogen (secondary N) is 2. The number of hydrogen-bond donors (Lipinski definition) is 2. The number of amides is 1. The summed E-state index contributed by atoms with van der Waals surface area (Å²) in [6.07, 6.45) is -0.666.